The van der Waals surface area contributed by atoms with Crippen molar-refractivity contribution < 1.29 is 5.21 Å². The highest BCUT2D eigenvalue weighted by Crippen LogP contribution is 2.34. The molecule has 2 atom stereocenters. The summed E-state index contributed by atoms with van der Waals surface area (Å²) >= 11 is 0. The SMILES string of the molecule is CCC1CCC(C)N1c1ccc(C)cc1/C(N)=N/O. The molecule has 104 valence electrons. The third-order valence-electron chi connectivity index (χ3n) is 4.07. The molecule has 0 saturated carbocycles. The van der Waals surface area contributed by atoms with Gasteiger partial charge in [-0.3, -0.25) is 0 Å². The van der Waals surface area contributed by atoms with Crippen LogP contribution < -0.4 is 10.6 Å². The van der Waals surface area contributed by atoms with Crippen LogP contribution in [0.1, 0.15) is 44.2 Å². The maximum Gasteiger partial charge on any atom is 0.172 e. The zero-order chi connectivity index (χ0) is 14.0. The second-order valence-electron chi connectivity index (χ2n) is 5.40. The highest BCUT2D eigenvalue weighted by atomic mass is 16.4. The van der Waals surface area contributed by atoms with Gasteiger partial charge in [0, 0.05) is 23.3 Å². The van der Waals surface area contributed by atoms with Crippen molar-refractivity contribution in [2.24, 2.45) is 10.9 Å². The highest BCUT2D eigenvalue weighted by Gasteiger charge is 2.31. The van der Waals surface area contributed by atoms with Crippen molar-refractivity contribution in [3.05, 3.63) is 29.3 Å². The van der Waals surface area contributed by atoms with E-state index in [0.29, 0.717) is 12.1 Å². The largest absolute Gasteiger partial charge is 0.409 e. The number of oxime groups is 1. The van der Waals surface area contributed by atoms with Gasteiger partial charge in [0.25, 0.3) is 0 Å². The summed E-state index contributed by atoms with van der Waals surface area (Å²) in [6.07, 6.45) is 3.52. The molecule has 1 aromatic rings. The normalized spacial score (nSPS) is 23.9. The topological polar surface area (TPSA) is 61.8 Å². The molecule has 0 amide bonds. The predicted octanol–water partition coefficient (Wildman–Crippen LogP) is 2.86. The molecule has 0 spiro atoms. The third kappa shape index (κ3) is 2.53. The van der Waals surface area contributed by atoms with Gasteiger partial charge in [-0.1, -0.05) is 23.7 Å². The number of aryl methyl sites for hydroxylation is 1. The Morgan fingerprint density at radius 3 is 2.84 bits per heavy atom. The van der Waals surface area contributed by atoms with E-state index >= 15 is 0 Å². The molecule has 2 unspecified atom stereocenters. The Kier molecular flexibility index (Phi) is 3.98. The fourth-order valence-electron chi connectivity index (χ4n) is 3.04. The lowest BCUT2D eigenvalue weighted by Gasteiger charge is -2.32. The molecule has 1 fully saturated rings. The second kappa shape index (κ2) is 5.51. The number of benzene rings is 1. The van der Waals surface area contributed by atoms with Crippen LogP contribution in [0.15, 0.2) is 23.4 Å². The van der Waals surface area contributed by atoms with Gasteiger partial charge in [0.15, 0.2) is 5.84 Å². The average Bonchev–Trinajstić information content (AvgIpc) is 2.79. The number of anilines is 1. The fraction of sp³-hybridized carbons (Fsp3) is 0.533. The molecular weight excluding hydrogens is 238 g/mol. The average molecular weight is 261 g/mol. The molecule has 1 aromatic carbocycles. The quantitative estimate of drug-likeness (QED) is 0.380. The van der Waals surface area contributed by atoms with E-state index in [9.17, 15) is 0 Å². The van der Waals surface area contributed by atoms with Crippen molar-refractivity contribution in [3.8, 4) is 0 Å². The molecule has 0 radical (unpaired) electrons. The Morgan fingerprint density at radius 1 is 1.47 bits per heavy atom. The van der Waals surface area contributed by atoms with Gasteiger partial charge in [-0.15, -0.1) is 0 Å². The lowest BCUT2D eigenvalue weighted by molar-refractivity contribution is 0.318. The van der Waals surface area contributed by atoms with Crippen molar-refractivity contribution >= 4 is 11.5 Å². The summed E-state index contributed by atoms with van der Waals surface area (Å²) in [5.74, 6) is 0.188. The van der Waals surface area contributed by atoms with Gasteiger partial charge in [-0.25, -0.2) is 0 Å². The fourth-order valence-corrected chi connectivity index (χ4v) is 3.04. The highest BCUT2D eigenvalue weighted by molar-refractivity contribution is 6.02. The first-order valence-electron chi connectivity index (χ1n) is 6.95. The molecule has 19 heavy (non-hydrogen) atoms. The van der Waals surface area contributed by atoms with Crippen LogP contribution in [-0.2, 0) is 0 Å². The van der Waals surface area contributed by atoms with Crippen LogP contribution in [-0.4, -0.2) is 23.1 Å². The minimum atomic E-state index is 0.188. The van der Waals surface area contributed by atoms with E-state index < -0.39 is 0 Å². The van der Waals surface area contributed by atoms with Gasteiger partial charge in [0.1, 0.15) is 0 Å². The van der Waals surface area contributed by atoms with Gasteiger partial charge in [-0.05, 0) is 45.2 Å². The minimum Gasteiger partial charge on any atom is -0.409 e. The van der Waals surface area contributed by atoms with Crippen LogP contribution in [0, 0.1) is 6.92 Å². The molecule has 1 saturated heterocycles. The predicted molar refractivity (Wildman–Crippen MR) is 78.9 cm³/mol. The van der Waals surface area contributed by atoms with Crippen LogP contribution in [0.2, 0.25) is 0 Å². The molecule has 3 N–H and O–H groups in total. The van der Waals surface area contributed by atoms with E-state index in [1.54, 1.807) is 0 Å². The van der Waals surface area contributed by atoms with Crippen LogP contribution in [0.4, 0.5) is 5.69 Å². The summed E-state index contributed by atoms with van der Waals surface area (Å²) in [5.41, 5.74) is 8.86. The first-order valence-corrected chi connectivity index (χ1v) is 6.95. The van der Waals surface area contributed by atoms with E-state index in [1.165, 1.54) is 12.8 Å². The van der Waals surface area contributed by atoms with Crippen LogP contribution in [0.25, 0.3) is 0 Å². The minimum absolute atomic E-state index is 0.188. The number of nitrogens with two attached hydrogens (primary N) is 1. The Labute approximate surface area is 114 Å². The Hall–Kier alpha value is -1.71. The van der Waals surface area contributed by atoms with Gasteiger partial charge < -0.3 is 15.8 Å². The van der Waals surface area contributed by atoms with Crippen LogP contribution >= 0.6 is 0 Å². The summed E-state index contributed by atoms with van der Waals surface area (Å²) < 4.78 is 0. The monoisotopic (exact) mass is 261 g/mol. The maximum atomic E-state index is 8.98. The molecule has 1 aliphatic heterocycles. The lowest BCUT2D eigenvalue weighted by atomic mass is 10.1. The molecule has 1 heterocycles. The molecule has 0 bridgehead atoms. The summed E-state index contributed by atoms with van der Waals surface area (Å²) in [4.78, 5) is 2.42. The molecule has 1 aliphatic rings. The summed E-state index contributed by atoms with van der Waals surface area (Å²) in [5, 5.41) is 12.2. The van der Waals surface area contributed by atoms with Crippen molar-refractivity contribution in [2.45, 2.75) is 52.1 Å². The van der Waals surface area contributed by atoms with Crippen LogP contribution in [0.3, 0.4) is 0 Å². The number of rotatable bonds is 3. The number of hydrogen-bond donors (Lipinski definition) is 2. The molecule has 0 aromatic heterocycles. The molecule has 0 aliphatic carbocycles. The lowest BCUT2D eigenvalue weighted by Crippen LogP contribution is -2.36. The van der Waals surface area contributed by atoms with Gasteiger partial charge in [0.05, 0.1) is 0 Å². The first-order chi connectivity index (χ1) is 9.08. The van der Waals surface area contributed by atoms with Gasteiger partial charge in [0.2, 0.25) is 0 Å². The molecule has 4 nitrogen and oxygen atoms in total. The Bertz CT molecular complexity index is 484. The van der Waals surface area contributed by atoms with Gasteiger partial charge in [-0.2, -0.15) is 0 Å². The van der Waals surface area contributed by atoms with Crippen molar-refractivity contribution in [2.75, 3.05) is 4.90 Å². The van der Waals surface area contributed by atoms with E-state index in [-0.39, 0.29) is 5.84 Å². The number of nitrogens with zero attached hydrogens (tertiary/aromatic N) is 2. The van der Waals surface area contributed by atoms with E-state index in [4.69, 9.17) is 10.9 Å². The zero-order valence-electron chi connectivity index (χ0n) is 11.9. The maximum absolute atomic E-state index is 8.98. The van der Waals surface area contributed by atoms with Crippen molar-refractivity contribution in [3.63, 3.8) is 0 Å². The summed E-state index contributed by atoms with van der Waals surface area (Å²) in [6.45, 7) is 6.47. The van der Waals surface area contributed by atoms with Crippen molar-refractivity contribution in [1.82, 2.24) is 0 Å². The zero-order valence-corrected chi connectivity index (χ0v) is 11.9. The third-order valence-corrected chi connectivity index (χ3v) is 4.07. The van der Waals surface area contributed by atoms with Crippen LogP contribution in [0.5, 0.6) is 0 Å². The smallest absolute Gasteiger partial charge is 0.172 e. The van der Waals surface area contributed by atoms with E-state index in [2.05, 4.69) is 36.0 Å². The Morgan fingerprint density at radius 2 is 2.21 bits per heavy atom. The molecule has 4 heteroatoms. The Balaban J connectivity index is 2.49. The van der Waals surface area contributed by atoms with E-state index in [0.717, 1.165) is 23.2 Å². The van der Waals surface area contributed by atoms with Gasteiger partial charge >= 0.3 is 0 Å². The summed E-state index contributed by atoms with van der Waals surface area (Å²) in [7, 11) is 0. The number of hydrogen-bond acceptors (Lipinski definition) is 3. The summed E-state index contributed by atoms with van der Waals surface area (Å²) in [6, 6.07) is 7.21. The number of amidine groups is 1. The molecule has 2 rings (SSSR count). The molecular formula is C15H23N3O. The second-order valence-corrected chi connectivity index (χ2v) is 5.40. The van der Waals surface area contributed by atoms with E-state index in [1.807, 2.05) is 13.0 Å². The first kappa shape index (κ1) is 13.7. The van der Waals surface area contributed by atoms with Crippen molar-refractivity contribution in [1.29, 1.82) is 0 Å². The standard InChI is InChI=1S/C15H23N3O/c1-4-12-7-6-11(3)18(12)14-8-5-10(2)9-13(14)15(16)17-19/h5,8-9,11-12,19H,4,6-7H2,1-3H3,(H2,16,17).